The molecule has 11 heteroatoms. The molecule has 4 rings (SSSR count). The number of aromatic nitrogens is 3. The summed E-state index contributed by atoms with van der Waals surface area (Å²) in [4.78, 5) is 26.5. The number of hydrogen-bond acceptors (Lipinski definition) is 7. The van der Waals surface area contributed by atoms with Crippen LogP contribution in [0.25, 0.3) is 0 Å². The van der Waals surface area contributed by atoms with Crippen LogP contribution < -0.4 is 10.6 Å². The van der Waals surface area contributed by atoms with Crippen LogP contribution in [-0.4, -0.2) is 51.6 Å². The van der Waals surface area contributed by atoms with Gasteiger partial charge in [0, 0.05) is 6.42 Å². The van der Waals surface area contributed by atoms with Gasteiger partial charge in [0.15, 0.2) is 17.6 Å². The maximum atomic E-state index is 12.9. The normalized spacial score (nSPS) is 19.2. The number of halogens is 2. The van der Waals surface area contributed by atoms with Gasteiger partial charge in [0.2, 0.25) is 0 Å². The van der Waals surface area contributed by atoms with Crippen molar-refractivity contribution in [1.29, 1.82) is 5.26 Å². The first-order chi connectivity index (χ1) is 14.4. The topological polar surface area (TPSA) is 122 Å². The molecule has 1 aliphatic carbocycles. The number of hydrogen-bond donors (Lipinski definition) is 2. The van der Waals surface area contributed by atoms with Crippen molar-refractivity contribution in [2.24, 2.45) is 0 Å². The monoisotopic (exact) mass is 448 g/mol. The maximum absolute atomic E-state index is 12.9. The van der Waals surface area contributed by atoms with Crippen molar-refractivity contribution in [3.8, 4) is 6.07 Å². The van der Waals surface area contributed by atoms with Crippen molar-refractivity contribution in [2.75, 3.05) is 13.2 Å². The van der Waals surface area contributed by atoms with Gasteiger partial charge in [0.1, 0.15) is 11.6 Å². The van der Waals surface area contributed by atoms with E-state index in [1.54, 1.807) is 18.2 Å². The van der Waals surface area contributed by atoms with Crippen LogP contribution in [0, 0.1) is 11.3 Å². The molecule has 1 atom stereocenters. The summed E-state index contributed by atoms with van der Waals surface area (Å²) in [5, 5.41) is 24.2. The van der Waals surface area contributed by atoms with E-state index in [0.29, 0.717) is 48.0 Å². The molecular weight excluding hydrogens is 431 g/mol. The summed E-state index contributed by atoms with van der Waals surface area (Å²) in [6, 6.07) is 7.11. The summed E-state index contributed by atoms with van der Waals surface area (Å²) in [5.74, 6) is -0.588. The smallest absolute Gasteiger partial charge is 0.275 e. The molecule has 2 heterocycles. The average Bonchev–Trinajstić information content (AvgIpc) is 3.29. The zero-order chi connectivity index (χ0) is 21.4. The third kappa shape index (κ3) is 4.18. The summed E-state index contributed by atoms with van der Waals surface area (Å²) >= 11 is 12.1. The molecule has 0 unspecified atom stereocenters. The molecule has 0 bridgehead atoms. The van der Waals surface area contributed by atoms with Crippen LogP contribution in [-0.2, 0) is 16.0 Å². The van der Waals surface area contributed by atoms with Crippen LogP contribution in [0.15, 0.2) is 24.4 Å². The standard InChI is InChI=1S/C19H18Cl2N6O3/c20-14-2-1-12(5-15(14)21)6-19(11-28,26-18(10-22)3-4-18)24-17(29)16-7-23-27(25-16)13-8-30-9-13/h1-2,5,7,11,13,26H,3-4,6,8-9H2,(H,24,29)/t19-/m1/s1. The molecular formula is C19H18Cl2N6O3. The Morgan fingerprint density at radius 2 is 2.17 bits per heavy atom. The third-order valence-electron chi connectivity index (χ3n) is 5.12. The van der Waals surface area contributed by atoms with Gasteiger partial charge in [-0.15, -0.1) is 5.10 Å². The summed E-state index contributed by atoms with van der Waals surface area (Å²) < 4.78 is 5.11. The molecule has 2 fully saturated rings. The summed E-state index contributed by atoms with van der Waals surface area (Å²) in [5.41, 5.74) is -1.69. The Hall–Kier alpha value is -2.51. The van der Waals surface area contributed by atoms with E-state index in [0.717, 1.165) is 0 Å². The fourth-order valence-electron chi connectivity index (χ4n) is 3.19. The van der Waals surface area contributed by atoms with Crippen LogP contribution >= 0.6 is 23.2 Å². The predicted octanol–water partition coefficient (Wildman–Crippen LogP) is 1.67. The summed E-state index contributed by atoms with van der Waals surface area (Å²) in [6.45, 7) is 0.967. The molecule has 9 nitrogen and oxygen atoms in total. The molecule has 2 aliphatic rings. The van der Waals surface area contributed by atoms with Crippen molar-refractivity contribution in [2.45, 2.75) is 36.5 Å². The molecule has 0 spiro atoms. The molecule has 2 aromatic rings. The van der Waals surface area contributed by atoms with Crippen LogP contribution in [0.1, 0.15) is 34.9 Å². The highest BCUT2D eigenvalue weighted by Crippen LogP contribution is 2.36. The lowest BCUT2D eigenvalue weighted by molar-refractivity contribution is -0.114. The number of benzene rings is 1. The Bertz CT molecular complexity index is 1030. The Morgan fingerprint density at radius 3 is 2.73 bits per heavy atom. The highest BCUT2D eigenvalue weighted by Gasteiger charge is 2.50. The highest BCUT2D eigenvalue weighted by atomic mass is 35.5. The Labute approximate surface area is 182 Å². The number of carbonyl (C=O) groups excluding carboxylic acids is 2. The SMILES string of the molecule is N#CC1(N[C@@](C=O)(Cc2ccc(Cl)c(Cl)c2)NC(=O)c2cnn(C3COC3)n2)CC1. The number of ether oxygens (including phenoxy) is 1. The summed E-state index contributed by atoms with van der Waals surface area (Å²) in [7, 11) is 0. The van der Waals surface area contributed by atoms with E-state index in [2.05, 4.69) is 26.9 Å². The van der Waals surface area contributed by atoms with E-state index in [4.69, 9.17) is 27.9 Å². The second kappa shape index (κ2) is 7.96. The van der Waals surface area contributed by atoms with E-state index in [1.165, 1.54) is 11.0 Å². The Balaban J connectivity index is 1.59. The quantitative estimate of drug-likeness (QED) is 0.465. The molecule has 1 saturated heterocycles. The van der Waals surface area contributed by atoms with Crippen molar-refractivity contribution in [3.63, 3.8) is 0 Å². The van der Waals surface area contributed by atoms with Crippen molar-refractivity contribution < 1.29 is 14.3 Å². The van der Waals surface area contributed by atoms with Gasteiger partial charge in [-0.05, 0) is 30.5 Å². The second-order valence-corrected chi connectivity index (χ2v) is 8.34. The number of aldehydes is 1. The molecule has 30 heavy (non-hydrogen) atoms. The lowest BCUT2D eigenvalue weighted by Gasteiger charge is -2.32. The number of nitrogens with one attached hydrogen (secondary N) is 2. The van der Waals surface area contributed by atoms with Crippen LogP contribution in [0.4, 0.5) is 0 Å². The Morgan fingerprint density at radius 1 is 1.40 bits per heavy atom. The van der Waals surface area contributed by atoms with Gasteiger partial charge >= 0.3 is 0 Å². The predicted molar refractivity (Wildman–Crippen MR) is 107 cm³/mol. The average molecular weight is 449 g/mol. The first kappa shape index (κ1) is 20.8. The van der Waals surface area contributed by atoms with Gasteiger partial charge in [-0.3, -0.25) is 14.9 Å². The summed E-state index contributed by atoms with van der Waals surface area (Å²) in [6.07, 6.45) is 3.14. The van der Waals surface area contributed by atoms with Crippen molar-refractivity contribution in [1.82, 2.24) is 25.6 Å². The maximum Gasteiger partial charge on any atom is 0.275 e. The van der Waals surface area contributed by atoms with Gasteiger partial charge in [-0.2, -0.15) is 15.2 Å². The minimum absolute atomic E-state index is 0.00923. The van der Waals surface area contributed by atoms with Crippen LogP contribution in [0.2, 0.25) is 10.0 Å². The largest absolute Gasteiger partial charge is 0.377 e. The molecule has 1 aromatic heterocycles. The van der Waals surface area contributed by atoms with Gasteiger partial charge in [-0.1, -0.05) is 29.3 Å². The van der Waals surface area contributed by atoms with Crippen LogP contribution in [0.3, 0.4) is 0 Å². The van der Waals surface area contributed by atoms with E-state index < -0.39 is 17.1 Å². The Kier molecular flexibility index (Phi) is 5.51. The number of nitrogens with zero attached hydrogens (tertiary/aromatic N) is 4. The molecule has 1 aliphatic heterocycles. The molecule has 0 radical (unpaired) electrons. The minimum atomic E-state index is -1.54. The van der Waals surface area contributed by atoms with Gasteiger partial charge < -0.3 is 10.1 Å². The molecule has 1 aromatic carbocycles. The fraction of sp³-hybridized carbons (Fsp3) is 0.421. The van der Waals surface area contributed by atoms with Crippen molar-refractivity contribution in [3.05, 3.63) is 45.7 Å². The van der Waals surface area contributed by atoms with E-state index in [9.17, 15) is 14.9 Å². The zero-order valence-corrected chi connectivity index (χ0v) is 17.3. The lowest BCUT2D eigenvalue weighted by Crippen LogP contribution is -2.65. The second-order valence-electron chi connectivity index (χ2n) is 7.53. The first-order valence-electron chi connectivity index (χ1n) is 9.30. The zero-order valence-electron chi connectivity index (χ0n) is 15.8. The number of rotatable bonds is 8. The number of carbonyl (C=O) groups is 2. The van der Waals surface area contributed by atoms with Gasteiger partial charge in [-0.25, -0.2) is 0 Å². The van der Waals surface area contributed by atoms with Crippen LogP contribution in [0.5, 0.6) is 0 Å². The number of nitriles is 1. The third-order valence-corrected chi connectivity index (χ3v) is 5.86. The number of amides is 1. The molecule has 156 valence electrons. The molecule has 2 N–H and O–H groups in total. The van der Waals surface area contributed by atoms with Gasteiger partial charge in [0.05, 0.1) is 35.5 Å². The lowest BCUT2D eigenvalue weighted by atomic mass is 9.98. The van der Waals surface area contributed by atoms with E-state index in [1.807, 2.05) is 0 Å². The van der Waals surface area contributed by atoms with Gasteiger partial charge in [0.25, 0.3) is 5.91 Å². The fourth-order valence-corrected chi connectivity index (χ4v) is 3.51. The highest BCUT2D eigenvalue weighted by molar-refractivity contribution is 6.42. The van der Waals surface area contributed by atoms with E-state index in [-0.39, 0.29) is 18.2 Å². The minimum Gasteiger partial charge on any atom is -0.377 e. The molecule has 1 amide bonds. The van der Waals surface area contributed by atoms with E-state index >= 15 is 0 Å². The molecule has 1 saturated carbocycles. The first-order valence-corrected chi connectivity index (χ1v) is 10.1. The van der Waals surface area contributed by atoms with Crippen molar-refractivity contribution >= 4 is 35.4 Å².